The van der Waals surface area contributed by atoms with E-state index in [4.69, 9.17) is 0 Å². The minimum absolute atomic E-state index is 0.320. The summed E-state index contributed by atoms with van der Waals surface area (Å²) in [6.45, 7) is 15.6. The Morgan fingerprint density at radius 1 is 0.723 bits per heavy atom. The predicted octanol–water partition coefficient (Wildman–Crippen LogP) is 11.4. The summed E-state index contributed by atoms with van der Waals surface area (Å²) in [5.74, 6) is 0. The average Bonchev–Trinajstić information content (AvgIpc) is 3.49. The minimum Gasteiger partial charge on any atom is -0.364 e. The standard InChI is InChI=1S/C45H46N2/c1-5-37(6-2)41(7-3)43-34-47(40(31-28-35-20-12-9-13-21-35)32-29-36-22-14-10-15-23-36)45(8-4)42(43)33-30-38-24-18-19-27-44(38)46-39-25-16-11-17-26-39/h5-27,30,33,40,46H,1,3-4,28-29,31-32,34H2,2H3/b33-30+,37-6-,43-41+. The van der Waals surface area contributed by atoms with Gasteiger partial charge in [0.2, 0.25) is 0 Å². The molecule has 1 N–H and O–H groups in total. The van der Waals surface area contributed by atoms with E-state index in [2.05, 4.69) is 152 Å². The number of benzene rings is 4. The molecule has 1 aliphatic heterocycles. The molecule has 0 saturated carbocycles. The molecule has 0 saturated heterocycles. The van der Waals surface area contributed by atoms with Crippen molar-refractivity contribution in [2.75, 3.05) is 11.9 Å². The third kappa shape index (κ3) is 8.48. The third-order valence-corrected chi connectivity index (χ3v) is 8.91. The molecule has 4 aromatic rings. The summed E-state index contributed by atoms with van der Waals surface area (Å²) >= 11 is 0. The fourth-order valence-corrected chi connectivity index (χ4v) is 6.44. The zero-order valence-corrected chi connectivity index (χ0v) is 27.6. The van der Waals surface area contributed by atoms with Gasteiger partial charge in [-0.2, -0.15) is 0 Å². The van der Waals surface area contributed by atoms with Crippen molar-refractivity contribution < 1.29 is 0 Å². The Bertz CT molecular complexity index is 1730. The highest BCUT2D eigenvalue weighted by molar-refractivity contribution is 5.74. The highest BCUT2D eigenvalue weighted by Gasteiger charge is 2.31. The van der Waals surface area contributed by atoms with Gasteiger partial charge in [-0.25, -0.2) is 0 Å². The lowest BCUT2D eigenvalue weighted by Crippen LogP contribution is -2.33. The van der Waals surface area contributed by atoms with Crippen LogP contribution in [0, 0.1) is 0 Å². The summed E-state index contributed by atoms with van der Waals surface area (Å²) in [6.07, 6.45) is 16.7. The van der Waals surface area contributed by atoms with Crippen LogP contribution in [0.4, 0.5) is 11.4 Å². The Hall–Kier alpha value is -5.34. The number of anilines is 2. The Labute approximate surface area is 282 Å². The van der Waals surface area contributed by atoms with Crippen molar-refractivity contribution in [1.82, 2.24) is 4.90 Å². The highest BCUT2D eigenvalue weighted by Crippen LogP contribution is 2.38. The van der Waals surface area contributed by atoms with E-state index in [9.17, 15) is 0 Å². The van der Waals surface area contributed by atoms with Crippen molar-refractivity contribution >= 4 is 17.5 Å². The van der Waals surface area contributed by atoms with Crippen LogP contribution >= 0.6 is 0 Å². The lowest BCUT2D eigenvalue weighted by atomic mass is 9.94. The zero-order chi connectivity index (χ0) is 32.8. The number of para-hydroxylation sites is 2. The Balaban J connectivity index is 1.57. The van der Waals surface area contributed by atoms with Crippen LogP contribution < -0.4 is 5.32 Å². The molecular formula is C45H46N2. The van der Waals surface area contributed by atoms with Crippen LogP contribution in [0.2, 0.25) is 0 Å². The summed E-state index contributed by atoms with van der Waals surface area (Å²) in [5, 5.41) is 3.60. The van der Waals surface area contributed by atoms with Crippen molar-refractivity contribution in [1.29, 1.82) is 0 Å². The molecule has 47 heavy (non-hydrogen) atoms. The number of hydrogen-bond donors (Lipinski definition) is 1. The normalized spacial score (nSPS) is 14.5. The second kappa shape index (κ2) is 16.8. The van der Waals surface area contributed by atoms with Gasteiger partial charge in [-0.1, -0.05) is 147 Å². The van der Waals surface area contributed by atoms with Gasteiger partial charge in [0.15, 0.2) is 0 Å². The minimum atomic E-state index is 0.320. The molecule has 5 rings (SSSR count). The van der Waals surface area contributed by atoms with Gasteiger partial charge >= 0.3 is 0 Å². The number of rotatable bonds is 15. The van der Waals surface area contributed by atoms with Crippen molar-refractivity contribution in [2.45, 2.75) is 38.6 Å². The molecule has 4 aromatic carbocycles. The van der Waals surface area contributed by atoms with E-state index in [0.29, 0.717) is 6.04 Å². The van der Waals surface area contributed by atoms with E-state index in [0.717, 1.165) is 66.0 Å². The fraction of sp³-hybridized carbons (Fsp3) is 0.156. The first-order chi connectivity index (χ1) is 23.1. The quantitative estimate of drug-likeness (QED) is 0.134. The molecule has 0 spiro atoms. The van der Waals surface area contributed by atoms with Gasteiger partial charge in [0.05, 0.1) is 0 Å². The van der Waals surface area contributed by atoms with E-state index in [1.165, 1.54) is 22.3 Å². The van der Waals surface area contributed by atoms with Crippen LogP contribution in [-0.4, -0.2) is 17.5 Å². The van der Waals surface area contributed by atoms with Gasteiger partial charge in [-0.05, 0) is 90.3 Å². The molecule has 2 nitrogen and oxygen atoms in total. The third-order valence-electron chi connectivity index (χ3n) is 8.91. The molecule has 1 aliphatic rings. The van der Waals surface area contributed by atoms with E-state index < -0.39 is 0 Å². The lowest BCUT2D eigenvalue weighted by Gasteiger charge is -2.32. The van der Waals surface area contributed by atoms with E-state index >= 15 is 0 Å². The van der Waals surface area contributed by atoms with E-state index in [1.807, 2.05) is 36.4 Å². The molecule has 0 bridgehead atoms. The molecule has 0 amide bonds. The molecule has 0 fully saturated rings. The van der Waals surface area contributed by atoms with Gasteiger partial charge in [0, 0.05) is 35.2 Å². The van der Waals surface area contributed by atoms with Crippen LogP contribution in [0.15, 0.2) is 193 Å². The molecule has 0 atom stereocenters. The largest absolute Gasteiger partial charge is 0.364 e. The van der Waals surface area contributed by atoms with Crippen LogP contribution in [0.25, 0.3) is 6.08 Å². The fourth-order valence-electron chi connectivity index (χ4n) is 6.44. The number of allylic oxidation sites excluding steroid dienone is 7. The van der Waals surface area contributed by atoms with Gasteiger partial charge in [-0.15, -0.1) is 0 Å². The smallest absolute Gasteiger partial charge is 0.0457 e. The Kier molecular flexibility index (Phi) is 11.8. The summed E-state index contributed by atoms with van der Waals surface area (Å²) in [7, 11) is 0. The highest BCUT2D eigenvalue weighted by atomic mass is 15.2. The second-order valence-corrected chi connectivity index (χ2v) is 11.8. The van der Waals surface area contributed by atoms with Crippen LogP contribution in [-0.2, 0) is 12.8 Å². The van der Waals surface area contributed by atoms with Gasteiger partial charge in [0.25, 0.3) is 0 Å². The molecular weight excluding hydrogens is 569 g/mol. The molecule has 0 aromatic heterocycles. The van der Waals surface area contributed by atoms with Crippen molar-refractivity contribution in [2.24, 2.45) is 0 Å². The maximum absolute atomic E-state index is 4.37. The van der Waals surface area contributed by atoms with Crippen LogP contribution in [0.3, 0.4) is 0 Å². The maximum Gasteiger partial charge on any atom is 0.0457 e. The summed E-state index contributed by atoms with van der Waals surface area (Å²) < 4.78 is 0. The maximum atomic E-state index is 4.37. The molecule has 2 heteroatoms. The number of hydrogen-bond acceptors (Lipinski definition) is 2. The molecule has 0 radical (unpaired) electrons. The number of aryl methyl sites for hydroxylation is 2. The second-order valence-electron chi connectivity index (χ2n) is 11.8. The van der Waals surface area contributed by atoms with Crippen molar-refractivity contribution in [3.63, 3.8) is 0 Å². The van der Waals surface area contributed by atoms with Gasteiger partial charge < -0.3 is 10.2 Å². The summed E-state index contributed by atoms with van der Waals surface area (Å²) in [5.41, 5.74) is 11.8. The summed E-state index contributed by atoms with van der Waals surface area (Å²) in [4.78, 5) is 2.59. The summed E-state index contributed by atoms with van der Waals surface area (Å²) in [6, 6.07) is 40.7. The first-order valence-corrected chi connectivity index (χ1v) is 16.6. The predicted molar refractivity (Wildman–Crippen MR) is 204 cm³/mol. The Morgan fingerprint density at radius 2 is 1.30 bits per heavy atom. The van der Waals surface area contributed by atoms with Crippen LogP contribution in [0.5, 0.6) is 0 Å². The van der Waals surface area contributed by atoms with Crippen molar-refractivity contribution in [3.05, 3.63) is 210 Å². The van der Waals surface area contributed by atoms with E-state index in [1.54, 1.807) is 0 Å². The average molecular weight is 615 g/mol. The molecule has 236 valence electrons. The molecule has 0 unspecified atom stereocenters. The first-order valence-electron chi connectivity index (χ1n) is 16.6. The lowest BCUT2D eigenvalue weighted by molar-refractivity contribution is 0.262. The molecule has 0 aliphatic carbocycles. The zero-order valence-electron chi connectivity index (χ0n) is 27.6. The Morgan fingerprint density at radius 3 is 1.85 bits per heavy atom. The van der Waals surface area contributed by atoms with Crippen molar-refractivity contribution in [3.8, 4) is 0 Å². The molecule has 1 heterocycles. The topological polar surface area (TPSA) is 15.3 Å². The SMILES string of the molecule is C=CC1=C(/C=C/c2ccccc2Nc2ccccc2)/C(=C(C=C)/C(C=C)=C\C)CN1C(CCc1ccccc1)CCc1ccccc1. The monoisotopic (exact) mass is 614 g/mol. The first kappa shape index (κ1) is 33.0. The number of nitrogens with zero attached hydrogens (tertiary/aromatic N) is 1. The number of nitrogens with one attached hydrogen (secondary N) is 1. The van der Waals surface area contributed by atoms with Gasteiger partial charge in [-0.3, -0.25) is 0 Å². The van der Waals surface area contributed by atoms with E-state index in [-0.39, 0.29) is 0 Å². The van der Waals surface area contributed by atoms with Gasteiger partial charge in [0.1, 0.15) is 0 Å². The van der Waals surface area contributed by atoms with Crippen LogP contribution in [0.1, 0.15) is 36.5 Å².